The number of carbonyl (C=O) groups excluding carboxylic acids is 1. The van der Waals surface area contributed by atoms with E-state index in [4.69, 9.17) is 16.3 Å². The number of nitrogens with one attached hydrogen (secondary N) is 1. The van der Waals surface area contributed by atoms with Gasteiger partial charge < -0.3 is 15.0 Å². The van der Waals surface area contributed by atoms with Gasteiger partial charge in [0, 0.05) is 36.4 Å². The Morgan fingerprint density at radius 1 is 1.40 bits per heavy atom. The molecule has 2 heterocycles. The highest BCUT2D eigenvalue weighted by molar-refractivity contribution is 7.10. The number of likely N-dealkylation sites (tertiary alicyclic amines) is 1. The molecule has 2 rings (SSSR count). The molecule has 0 unspecified atom stereocenters. The van der Waals surface area contributed by atoms with E-state index >= 15 is 0 Å². The number of piperidine rings is 1. The maximum Gasteiger partial charge on any atom is 0.410 e. The Bertz CT molecular complexity index is 560. The Labute approximate surface area is 160 Å². The Morgan fingerprint density at radius 3 is 2.60 bits per heavy atom. The number of nitrogens with zero attached hydrogens (tertiary/aromatic N) is 1. The SMILES string of the molecule is CCCC1(CNCc2cc(Cl)cs2)CCN(C(=O)OC(C)(C)C)CC1. The molecule has 1 saturated heterocycles. The Hall–Kier alpha value is -0.780. The number of halogens is 1. The van der Waals surface area contributed by atoms with Gasteiger partial charge in [0.2, 0.25) is 0 Å². The standard InChI is InChI=1S/C19H31ClN2O2S/c1-5-6-19(14-21-12-16-11-15(20)13-25-16)7-9-22(10-8-19)17(23)24-18(2,3)4/h11,13,21H,5-10,12,14H2,1-4H3. The van der Waals surface area contributed by atoms with Crippen LogP contribution in [-0.2, 0) is 11.3 Å². The van der Waals surface area contributed by atoms with Gasteiger partial charge in [-0.1, -0.05) is 24.9 Å². The quantitative estimate of drug-likeness (QED) is 0.720. The van der Waals surface area contributed by atoms with Gasteiger partial charge in [-0.2, -0.15) is 0 Å². The largest absolute Gasteiger partial charge is 0.444 e. The molecule has 0 aliphatic carbocycles. The maximum absolute atomic E-state index is 12.3. The summed E-state index contributed by atoms with van der Waals surface area (Å²) in [5, 5.41) is 6.40. The predicted molar refractivity (Wildman–Crippen MR) is 105 cm³/mol. The predicted octanol–water partition coefficient (Wildman–Crippen LogP) is 5.31. The van der Waals surface area contributed by atoms with Crippen LogP contribution in [0.3, 0.4) is 0 Å². The molecular formula is C19H31ClN2O2S. The number of hydrogen-bond donors (Lipinski definition) is 1. The highest BCUT2D eigenvalue weighted by Crippen LogP contribution is 2.36. The summed E-state index contributed by atoms with van der Waals surface area (Å²) in [6, 6.07) is 2.02. The van der Waals surface area contributed by atoms with Crippen LogP contribution in [0.1, 0.15) is 58.3 Å². The average Bonchev–Trinajstić information content (AvgIpc) is 2.92. The first-order chi connectivity index (χ1) is 11.7. The van der Waals surface area contributed by atoms with Gasteiger partial charge in [0.15, 0.2) is 0 Å². The summed E-state index contributed by atoms with van der Waals surface area (Å²) in [6.07, 6.45) is 4.22. The number of ether oxygens (including phenoxy) is 1. The van der Waals surface area contributed by atoms with Gasteiger partial charge in [-0.15, -0.1) is 11.3 Å². The first-order valence-electron chi connectivity index (χ1n) is 9.15. The fraction of sp³-hybridized carbons (Fsp3) is 0.737. The topological polar surface area (TPSA) is 41.6 Å². The third-order valence-electron chi connectivity index (χ3n) is 4.68. The van der Waals surface area contributed by atoms with E-state index in [0.717, 1.165) is 44.0 Å². The summed E-state index contributed by atoms with van der Waals surface area (Å²) in [5.74, 6) is 0. The van der Waals surface area contributed by atoms with Crippen LogP contribution in [0.25, 0.3) is 0 Å². The molecule has 1 N–H and O–H groups in total. The smallest absolute Gasteiger partial charge is 0.410 e. The highest BCUT2D eigenvalue weighted by Gasteiger charge is 2.36. The van der Waals surface area contributed by atoms with E-state index in [1.807, 2.05) is 37.1 Å². The van der Waals surface area contributed by atoms with Gasteiger partial charge in [0.25, 0.3) is 0 Å². The number of carbonyl (C=O) groups is 1. The van der Waals surface area contributed by atoms with E-state index in [1.54, 1.807) is 11.3 Å². The molecule has 1 fully saturated rings. The van der Waals surface area contributed by atoms with Crippen LogP contribution < -0.4 is 5.32 Å². The molecular weight excluding hydrogens is 356 g/mol. The molecule has 0 atom stereocenters. The second-order valence-electron chi connectivity index (χ2n) is 8.05. The monoisotopic (exact) mass is 386 g/mol. The molecule has 1 aromatic heterocycles. The fourth-order valence-electron chi connectivity index (χ4n) is 3.43. The molecule has 1 amide bonds. The number of hydrogen-bond acceptors (Lipinski definition) is 4. The van der Waals surface area contributed by atoms with Gasteiger partial charge in [-0.05, 0) is 51.5 Å². The molecule has 0 aromatic carbocycles. The van der Waals surface area contributed by atoms with Crippen molar-refractivity contribution in [2.24, 2.45) is 5.41 Å². The second-order valence-corrected chi connectivity index (χ2v) is 9.48. The normalized spacial score (nSPS) is 17.6. The molecule has 0 bridgehead atoms. The van der Waals surface area contributed by atoms with Gasteiger partial charge in [-0.25, -0.2) is 4.79 Å². The highest BCUT2D eigenvalue weighted by atomic mass is 35.5. The molecule has 1 aromatic rings. The first-order valence-corrected chi connectivity index (χ1v) is 10.4. The van der Waals surface area contributed by atoms with Gasteiger partial charge >= 0.3 is 6.09 Å². The van der Waals surface area contributed by atoms with Crippen molar-refractivity contribution >= 4 is 29.0 Å². The molecule has 142 valence electrons. The van der Waals surface area contributed by atoms with E-state index in [-0.39, 0.29) is 11.5 Å². The molecule has 25 heavy (non-hydrogen) atoms. The van der Waals surface area contributed by atoms with Crippen molar-refractivity contribution in [2.45, 2.75) is 65.5 Å². The lowest BCUT2D eigenvalue weighted by Gasteiger charge is -2.42. The van der Waals surface area contributed by atoms with Gasteiger partial charge in [0.1, 0.15) is 5.60 Å². The van der Waals surface area contributed by atoms with Crippen LogP contribution >= 0.6 is 22.9 Å². The van der Waals surface area contributed by atoms with Crippen LogP contribution in [0.4, 0.5) is 4.79 Å². The lowest BCUT2D eigenvalue weighted by molar-refractivity contribution is 0.00877. The van der Waals surface area contributed by atoms with Crippen LogP contribution in [-0.4, -0.2) is 36.2 Å². The summed E-state index contributed by atoms with van der Waals surface area (Å²) in [4.78, 5) is 15.4. The third-order valence-corrected chi connectivity index (χ3v) is 5.96. The van der Waals surface area contributed by atoms with Crippen molar-refractivity contribution in [2.75, 3.05) is 19.6 Å². The fourth-order valence-corrected chi connectivity index (χ4v) is 4.48. The van der Waals surface area contributed by atoms with Crippen LogP contribution in [0.2, 0.25) is 5.02 Å². The van der Waals surface area contributed by atoms with E-state index in [0.29, 0.717) is 0 Å². The summed E-state index contributed by atoms with van der Waals surface area (Å²) in [6.45, 7) is 11.4. The molecule has 0 saturated carbocycles. The van der Waals surface area contributed by atoms with Crippen molar-refractivity contribution in [3.05, 3.63) is 21.3 Å². The number of amides is 1. The number of thiophene rings is 1. The van der Waals surface area contributed by atoms with Gasteiger partial charge in [-0.3, -0.25) is 0 Å². The van der Waals surface area contributed by atoms with Crippen LogP contribution in [0.5, 0.6) is 0 Å². The van der Waals surface area contributed by atoms with Crippen LogP contribution in [0.15, 0.2) is 11.4 Å². The van der Waals surface area contributed by atoms with Crippen LogP contribution in [0, 0.1) is 5.41 Å². The van der Waals surface area contributed by atoms with Gasteiger partial charge in [0.05, 0.1) is 5.02 Å². The van der Waals surface area contributed by atoms with E-state index in [9.17, 15) is 4.79 Å². The summed E-state index contributed by atoms with van der Waals surface area (Å²) in [5.41, 5.74) is -0.160. The Kier molecular flexibility index (Phi) is 7.18. The molecule has 1 aliphatic rings. The molecule has 0 radical (unpaired) electrons. The minimum atomic E-state index is -0.432. The minimum Gasteiger partial charge on any atom is -0.444 e. The van der Waals surface area contributed by atoms with Crippen molar-refractivity contribution in [1.82, 2.24) is 10.2 Å². The molecule has 6 heteroatoms. The van der Waals surface area contributed by atoms with Crippen molar-refractivity contribution in [3.8, 4) is 0 Å². The molecule has 1 aliphatic heterocycles. The Morgan fingerprint density at radius 2 is 2.08 bits per heavy atom. The zero-order valence-corrected chi connectivity index (χ0v) is 17.4. The second kappa shape index (κ2) is 8.74. The third kappa shape index (κ3) is 6.46. The zero-order valence-electron chi connectivity index (χ0n) is 15.9. The maximum atomic E-state index is 12.3. The summed E-state index contributed by atoms with van der Waals surface area (Å²) < 4.78 is 5.51. The Balaban J connectivity index is 1.85. The minimum absolute atomic E-state index is 0.182. The molecule has 4 nitrogen and oxygen atoms in total. The zero-order chi connectivity index (χ0) is 18.5. The average molecular weight is 387 g/mol. The molecule has 0 spiro atoms. The van der Waals surface area contributed by atoms with E-state index < -0.39 is 5.60 Å². The van der Waals surface area contributed by atoms with Crippen molar-refractivity contribution in [1.29, 1.82) is 0 Å². The van der Waals surface area contributed by atoms with E-state index in [1.165, 1.54) is 17.7 Å². The van der Waals surface area contributed by atoms with Crippen molar-refractivity contribution < 1.29 is 9.53 Å². The summed E-state index contributed by atoms with van der Waals surface area (Å²) >= 11 is 7.68. The number of rotatable bonds is 6. The first kappa shape index (κ1) is 20.5. The van der Waals surface area contributed by atoms with Crippen molar-refractivity contribution in [3.63, 3.8) is 0 Å². The van der Waals surface area contributed by atoms with E-state index in [2.05, 4.69) is 12.2 Å². The lowest BCUT2D eigenvalue weighted by Crippen LogP contribution is -2.48. The lowest BCUT2D eigenvalue weighted by atomic mass is 9.75. The summed E-state index contributed by atoms with van der Waals surface area (Å²) in [7, 11) is 0.